The molecule has 0 saturated carbocycles. The first kappa shape index (κ1) is 17.3. The van der Waals surface area contributed by atoms with Crippen molar-refractivity contribution in [3.63, 3.8) is 0 Å². The molecule has 1 aliphatic rings. The second-order valence-electron chi connectivity index (χ2n) is 4.99. The number of rotatable bonds is 4. The molecule has 0 aromatic heterocycles. The molecule has 0 aliphatic carbocycles. The molecule has 6 nitrogen and oxygen atoms in total. The molecule has 2 rings (SSSR count). The van der Waals surface area contributed by atoms with Gasteiger partial charge in [0.25, 0.3) is 0 Å². The lowest BCUT2D eigenvalue weighted by atomic mass is 10.1. The number of urea groups is 1. The number of halogens is 1. The molecule has 5 N–H and O–H groups in total. The molecular weight excluding hydrogens is 292 g/mol. The highest BCUT2D eigenvalue weighted by atomic mass is 35.5. The third-order valence-corrected chi connectivity index (χ3v) is 3.41. The van der Waals surface area contributed by atoms with Gasteiger partial charge in [0.1, 0.15) is 0 Å². The number of carbonyl (C=O) groups excluding carboxylic acids is 2. The van der Waals surface area contributed by atoms with Gasteiger partial charge in [-0.3, -0.25) is 4.79 Å². The Kier molecular flexibility index (Phi) is 6.45. The van der Waals surface area contributed by atoms with E-state index in [-0.39, 0.29) is 30.4 Å². The van der Waals surface area contributed by atoms with Crippen LogP contribution in [0.15, 0.2) is 24.3 Å². The van der Waals surface area contributed by atoms with Gasteiger partial charge >= 0.3 is 6.03 Å². The van der Waals surface area contributed by atoms with Gasteiger partial charge in [-0.15, -0.1) is 12.4 Å². The predicted molar refractivity (Wildman–Crippen MR) is 84.5 cm³/mol. The van der Waals surface area contributed by atoms with Crippen LogP contribution in [0, 0.1) is 0 Å². The fourth-order valence-corrected chi connectivity index (χ4v) is 2.30. The Morgan fingerprint density at radius 2 is 2.00 bits per heavy atom. The Morgan fingerprint density at radius 3 is 2.52 bits per heavy atom. The first-order valence-electron chi connectivity index (χ1n) is 6.76. The number of anilines is 1. The molecular formula is C14H21ClN4O2. The van der Waals surface area contributed by atoms with E-state index in [0.717, 1.165) is 24.9 Å². The highest BCUT2D eigenvalue weighted by Crippen LogP contribution is 2.16. The predicted octanol–water partition coefficient (Wildman–Crippen LogP) is 1.53. The molecule has 2 unspecified atom stereocenters. The van der Waals surface area contributed by atoms with Crippen molar-refractivity contribution >= 4 is 30.0 Å². The van der Waals surface area contributed by atoms with E-state index >= 15 is 0 Å². The topological polar surface area (TPSA) is 96.2 Å². The van der Waals surface area contributed by atoms with Crippen LogP contribution < -0.4 is 21.7 Å². The zero-order chi connectivity index (χ0) is 14.5. The minimum atomic E-state index is -0.591. The summed E-state index contributed by atoms with van der Waals surface area (Å²) in [7, 11) is 0. The number of amides is 3. The van der Waals surface area contributed by atoms with Gasteiger partial charge < -0.3 is 21.7 Å². The molecule has 0 bridgehead atoms. The minimum absolute atomic E-state index is 0. The molecule has 2 atom stereocenters. The van der Waals surface area contributed by atoms with Crippen molar-refractivity contribution in [3.8, 4) is 0 Å². The summed E-state index contributed by atoms with van der Waals surface area (Å²) in [5.41, 5.74) is 6.66. The van der Waals surface area contributed by atoms with Gasteiger partial charge in [0.05, 0.1) is 12.1 Å². The molecule has 1 aliphatic heterocycles. The molecule has 1 fully saturated rings. The van der Waals surface area contributed by atoms with Crippen molar-refractivity contribution in [3.05, 3.63) is 29.8 Å². The van der Waals surface area contributed by atoms with Crippen LogP contribution in [-0.4, -0.2) is 24.5 Å². The fourth-order valence-electron chi connectivity index (χ4n) is 2.30. The Hall–Kier alpha value is -1.79. The summed E-state index contributed by atoms with van der Waals surface area (Å²) in [6.45, 7) is 2.84. The molecule has 1 aromatic rings. The van der Waals surface area contributed by atoms with Gasteiger partial charge in [-0.25, -0.2) is 4.79 Å². The Labute approximate surface area is 130 Å². The van der Waals surface area contributed by atoms with E-state index in [9.17, 15) is 9.59 Å². The van der Waals surface area contributed by atoms with E-state index in [1.807, 2.05) is 19.1 Å². The molecule has 3 amide bonds. The smallest absolute Gasteiger partial charge is 0.316 e. The number of benzene rings is 1. The monoisotopic (exact) mass is 312 g/mol. The summed E-state index contributed by atoms with van der Waals surface area (Å²) < 4.78 is 0. The van der Waals surface area contributed by atoms with E-state index < -0.39 is 6.03 Å². The van der Waals surface area contributed by atoms with Crippen LogP contribution in [0.3, 0.4) is 0 Å². The van der Waals surface area contributed by atoms with Gasteiger partial charge in [0, 0.05) is 5.69 Å². The zero-order valence-electron chi connectivity index (χ0n) is 11.9. The maximum atomic E-state index is 12.0. The van der Waals surface area contributed by atoms with E-state index in [2.05, 4.69) is 16.0 Å². The van der Waals surface area contributed by atoms with Crippen LogP contribution in [0.25, 0.3) is 0 Å². The van der Waals surface area contributed by atoms with Crippen LogP contribution in [0.1, 0.15) is 31.4 Å². The third-order valence-electron chi connectivity index (χ3n) is 3.41. The first-order valence-corrected chi connectivity index (χ1v) is 6.76. The molecule has 1 heterocycles. The van der Waals surface area contributed by atoms with E-state index in [0.29, 0.717) is 5.69 Å². The number of hydrogen-bond acceptors (Lipinski definition) is 3. The van der Waals surface area contributed by atoms with Crippen LogP contribution >= 0.6 is 12.4 Å². The lowest BCUT2D eigenvalue weighted by molar-refractivity contribution is -0.123. The molecule has 21 heavy (non-hydrogen) atoms. The number of hydrogen-bond donors (Lipinski definition) is 4. The summed E-state index contributed by atoms with van der Waals surface area (Å²) in [6, 6.07) is 6.50. The van der Waals surface area contributed by atoms with E-state index in [1.165, 1.54) is 0 Å². The third kappa shape index (κ3) is 4.91. The molecule has 0 spiro atoms. The second kappa shape index (κ2) is 7.85. The fraction of sp³-hybridized carbons (Fsp3) is 0.429. The molecule has 7 heteroatoms. The summed E-state index contributed by atoms with van der Waals surface area (Å²) >= 11 is 0. The average Bonchev–Trinajstić information content (AvgIpc) is 2.92. The summed E-state index contributed by atoms with van der Waals surface area (Å²) in [4.78, 5) is 22.7. The number of primary amides is 1. The van der Waals surface area contributed by atoms with E-state index in [4.69, 9.17) is 5.73 Å². The first-order chi connectivity index (χ1) is 9.56. The van der Waals surface area contributed by atoms with Crippen molar-refractivity contribution in [1.29, 1.82) is 0 Å². The summed E-state index contributed by atoms with van der Waals surface area (Å²) in [6.07, 6.45) is 1.93. The quantitative estimate of drug-likeness (QED) is 0.679. The molecule has 0 radical (unpaired) electrons. The highest BCUT2D eigenvalue weighted by molar-refractivity contribution is 5.87. The molecule has 1 aromatic carbocycles. The van der Waals surface area contributed by atoms with Crippen molar-refractivity contribution in [2.24, 2.45) is 5.73 Å². The highest BCUT2D eigenvalue weighted by Gasteiger charge is 2.23. The average molecular weight is 313 g/mol. The van der Waals surface area contributed by atoms with Gasteiger partial charge in [0.15, 0.2) is 0 Å². The van der Waals surface area contributed by atoms with Crippen LogP contribution in [0.2, 0.25) is 0 Å². The number of nitrogens with two attached hydrogens (primary N) is 1. The van der Waals surface area contributed by atoms with E-state index in [1.54, 1.807) is 12.1 Å². The number of nitrogens with one attached hydrogen (secondary N) is 3. The van der Waals surface area contributed by atoms with Gasteiger partial charge in [-0.05, 0) is 44.0 Å². The van der Waals surface area contributed by atoms with Crippen LogP contribution in [0.5, 0.6) is 0 Å². The summed E-state index contributed by atoms with van der Waals surface area (Å²) in [5, 5.41) is 8.65. The van der Waals surface area contributed by atoms with Crippen molar-refractivity contribution in [1.82, 2.24) is 10.6 Å². The normalized spacial score (nSPS) is 18.4. The van der Waals surface area contributed by atoms with Crippen molar-refractivity contribution < 1.29 is 9.59 Å². The van der Waals surface area contributed by atoms with Crippen LogP contribution in [0.4, 0.5) is 10.5 Å². The Balaban J connectivity index is 0.00000220. The van der Waals surface area contributed by atoms with Gasteiger partial charge in [0.2, 0.25) is 5.91 Å². The van der Waals surface area contributed by atoms with Crippen molar-refractivity contribution in [2.75, 3.05) is 11.9 Å². The maximum absolute atomic E-state index is 12.0. The van der Waals surface area contributed by atoms with Gasteiger partial charge in [-0.2, -0.15) is 0 Å². The minimum Gasteiger partial charge on any atom is -0.351 e. The lowest BCUT2D eigenvalue weighted by Gasteiger charge is -2.18. The van der Waals surface area contributed by atoms with Crippen molar-refractivity contribution in [2.45, 2.75) is 31.8 Å². The van der Waals surface area contributed by atoms with Gasteiger partial charge in [-0.1, -0.05) is 12.1 Å². The zero-order valence-corrected chi connectivity index (χ0v) is 12.7. The largest absolute Gasteiger partial charge is 0.351 e. The maximum Gasteiger partial charge on any atom is 0.316 e. The Bertz CT molecular complexity index is 486. The lowest BCUT2D eigenvalue weighted by Crippen LogP contribution is -2.41. The summed E-state index contributed by atoms with van der Waals surface area (Å²) in [5.74, 6) is 0.0364. The Morgan fingerprint density at radius 1 is 1.33 bits per heavy atom. The SMILES string of the molecule is CC(NC(=O)C1CCCN1)c1ccc(NC(N)=O)cc1.Cl. The molecule has 116 valence electrons. The van der Waals surface area contributed by atoms with Crippen LogP contribution in [-0.2, 0) is 4.79 Å². The second-order valence-corrected chi connectivity index (χ2v) is 4.99. The molecule has 1 saturated heterocycles. The number of carbonyl (C=O) groups is 2. The standard InChI is InChI=1S/C14H20N4O2.ClH/c1-9(17-13(19)12-3-2-8-16-12)10-4-6-11(7-5-10)18-14(15)20;/h4-7,9,12,16H,2-3,8H2,1H3,(H,17,19)(H3,15,18,20);1H.